The van der Waals surface area contributed by atoms with Crippen molar-refractivity contribution < 1.29 is 13.2 Å². The number of carbonyl (C=O) groups excluding carboxylic acids is 1. The van der Waals surface area contributed by atoms with E-state index in [4.69, 9.17) is 0 Å². The van der Waals surface area contributed by atoms with E-state index in [2.05, 4.69) is 10.6 Å². The number of carbonyl (C=O) groups is 1. The largest absolute Gasteiger partial charge is 0.354 e. The topological polar surface area (TPSA) is 75.3 Å². The third-order valence-electron chi connectivity index (χ3n) is 3.54. The van der Waals surface area contributed by atoms with Crippen molar-refractivity contribution in [2.24, 2.45) is 5.41 Å². The fourth-order valence-electron chi connectivity index (χ4n) is 2.41. The lowest BCUT2D eigenvalue weighted by Gasteiger charge is -2.17. The highest BCUT2D eigenvalue weighted by Gasteiger charge is 2.45. The maximum atomic E-state index is 11.8. The zero-order valence-corrected chi connectivity index (χ0v) is 11.0. The van der Waals surface area contributed by atoms with Crippen molar-refractivity contribution in [1.82, 2.24) is 10.6 Å². The van der Waals surface area contributed by atoms with Gasteiger partial charge in [0.2, 0.25) is 5.91 Å². The lowest BCUT2D eigenvalue weighted by molar-refractivity contribution is -0.123. The summed E-state index contributed by atoms with van der Waals surface area (Å²) < 4.78 is 22.5. The van der Waals surface area contributed by atoms with Gasteiger partial charge in [-0.2, -0.15) is 0 Å². The van der Waals surface area contributed by atoms with E-state index >= 15 is 0 Å². The van der Waals surface area contributed by atoms with Crippen molar-refractivity contribution in [3.8, 4) is 0 Å². The highest BCUT2D eigenvalue weighted by Crippen LogP contribution is 2.46. The van der Waals surface area contributed by atoms with Crippen LogP contribution in [0.25, 0.3) is 0 Å². The Bertz CT molecular complexity index is 395. The molecule has 2 aliphatic rings. The van der Waals surface area contributed by atoms with Crippen LogP contribution in [0.2, 0.25) is 0 Å². The Hall–Kier alpha value is -0.620. The lowest BCUT2D eigenvalue weighted by Crippen LogP contribution is -2.43. The van der Waals surface area contributed by atoms with Gasteiger partial charge in [-0.25, -0.2) is 8.42 Å². The molecule has 1 aliphatic carbocycles. The molecule has 17 heavy (non-hydrogen) atoms. The van der Waals surface area contributed by atoms with Gasteiger partial charge in [0.05, 0.1) is 11.8 Å². The number of hydrogen-bond acceptors (Lipinski definition) is 4. The van der Waals surface area contributed by atoms with Crippen LogP contribution in [0.1, 0.15) is 25.7 Å². The fourth-order valence-corrected chi connectivity index (χ4v) is 3.91. The Kier molecular flexibility index (Phi) is 3.45. The van der Waals surface area contributed by atoms with E-state index in [9.17, 15) is 13.2 Å². The van der Waals surface area contributed by atoms with E-state index < -0.39 is 9.84 Å². The van der Waals surface area contributed by atoms with Gasteiger partial charge in [-0.3, -0.25) is 4.79 Å². The quantitative estimate of drug-likeness (QED) is 0.710. The molecule has 2 N–H and O–H groups in total. The maximum Gasteiger partial charge on any atom is 0.237 e. The minimum atomic E-state index is -2.95. The van der Waals surface area contributed by atoms with E-state index in [1.165, 1.54) is 6.26 Å². The van der Waals surface area contributed by atoms with Crippen LogP contribution in [0, 0.1) is 5.41 Å². The van der Waals surface area contributed by atoms with Gasteiger partial charge < -0.3 is 10.6 Å². The van der Waals surface area contributed by atoms with Crippen LogP contribution in [-0.2, 0) is 14.6 Å². The predicted octanol–water partition coefficient (Wildman–Crippen LogP) is -0.321. The van der Waals surface area contributed by atoms with Crippen molar-refractivity contribution in [1.29, 1.82) is 0 Å². The van der Waals surface area contributed by atoms with Crippen LogP contribution < -0.4 is 10.6 Å². The molecule has 1 saturated heterocycles. The average molecular weight is 260 g/mol. The van der Waals surface area contributed by atoms with Gasteiger partial charge in [0.1, 0.15) is 9.84 Å². The molecule has 0 aromatic heterocycles. The van der Waals surface area contributed by atoms with Crippen LogP contribution >= 0.6 is 0 Å². The van der Waals surface area contributed by atoms with Crippen LogP contribution in [0.3, 0.4) is 0 Å². The van der Waals surface area contributed by atoms with Gasteiger partial charge in [-0.1, -0.05) is 0 Å². The van der Waals surface area contributed by atoms with Crippen LogP contribution in [-0.4, -0.2) is 45.5 Å². The molecule has 1 atom stereocenters. The molecular weight excluding hydrogens is 240 g/mol. The number of hydrogen-bond donors (Lipinski definition) is 2. The molecule has 1 saturated carbocycles. The van der Waals surface area contributed by atoms with E-state index in [0.717, 1.165) is 32.2 Å². The summed E-state index contributed by atoms with van der Waals surface area (Å²) >= 11 is 0. The molecule has 1 amide bonds. The predicted molar refractivity (Wildman–Crippen MR) is 65.4 cm³/mol. The normalized spacial score (nSPS) is 26.8. The number of amides is 1. The third kappa shape index (κ3) is 3.67. The summed E-state index contributed by atoms with van der Waals surface area (Å²) in [5, 5.41) is 6.02. The van der Waals surface area contributed by atoms with Gasteiger partial charge in [-0.05, 0) is 32.2 Å². The van der Waals surface area contributed by atoms with E-state index in [1.54, 1.807) is 0 Å². The molecule has 0 aromatic carbocycles. The van der Waals surface area contributed by atoms with Crippen molar-refractivity contribution >= 4 is 15.7 Å². The molecule has 1 unspecified atom stereocenters. The van der Waals surface area contributed by atoms with Gasteiger partial charge in [-0.15, -0.1) is 0 Å². The third-order valence-corrected chi connectivity index (χ3v) is 4.68. The SMILES string of the molecule is CS(=O)(=O)CC1(CNC(=O)C2CCCN2)CC1. The summed E-state index contributed by atoms with van der Waals surface area (Å²) in [6.07, 6.45) is 4.97. The van der Waals surface area contributed by atoms with Crippen molar-refractivity contribution in [3.63, 3.8) is 0 Å². The first kappa shape index (κ1) is 12.8. The first-order chi connectivity index (χ1) is 7.90. The highest BCUT2D eigenvalue weighted by atomic mass is 32.2. The second-order valence-corrected chi connectivity index (χ2v) is 7.58. The molecule has 0 spiro atoms. The summed E-state index contributed by atoms with van der Waals surface area (Å²) in [6.45, 7) is 1.39. The molecule has 1 aliphatic heterocycles. The first-order valence-corrected chi connectivity index (χ1v) is 8.15. The minimum Gasteiger partial charge on any atom is -0.354 e. The smallest absolute Gasteiger partial charge is 0.237 e. The molecule has 0 aromatic rings. The zero-order valence-electron chi connectivity index (χ0n) is 10.2. The molecule has 1 heterocycles. The molecule has 0 bridgehead atoms. The molecule has 2 rings (SSSR count). The Balaban J connectivity index is 1.79. The summed E-state index contributed by atoms with van der Waals surface area (Å²) in [4.78, 5) is 11.8. The standard InChI is InChI=1S/C11H20N2O3S/c1-17(15,16)8-11(4-5-11)7-13-10(14)9-3-2-6-12-9/h9,12H,2-8H2,1H3,(H,13,14). The fraction of sp³-hybridized carbons (Fsp3) is 0.909. The van der Waals surface area contributed by atoms with E-state index in [-0.39, 0.29) is 23.1 Å². The second kappa shape index (κ2) is 4.57. The average Bonchev–Trinajstić information content (AvgIpc) is 2.79. The Morgan fingerprint density at radius 2 is 2.18 bits per heavy atom. The molecule has 98 valence electrons. The van der Waals surface area contributed by atoms with Crippen molar-refractivity contribution in [2.45, 2.75) is 31.7 Å². The number of rotatable bonds is 5. The van der Waals surface area contributed by atoms with Crippen molar-refractivity contribution in [3.05, 3.63) is 0 Å². The summed E-state index contributed by atoms with van der Waals surface area (Å²) in [7, 11) is -2.95. The van der Waals surface area contributed by atoms with E-state index in [0.29, 0.717) is 6.54 Å². The molecule has 5 nitrogen and oxygen atoms in total. The Morgan fingerprint density at radius 3 is 2.65 bits per heavy atom. The van der Waals surface area contributed by atoms with Gasteiger partial charge >= 0.3 is 0 Å². The molecule has 2 fully saturated rings. The van der Waals surface area contributed by atoms with Gasteiger partial charge in [0, 0.05) is 18.2 Å². The first-order valence-electron chi connectivity index (χ1n) is 6.09. The van der Waals surface area contributed by atoms with Crippen LogP contribution in [0.5, 0.6) is 0 Å². The van der Waals surface area contributed by atoms with Gasteiger partial charge in [0.15, 0.2) is 0 Å². The summed E-state index contributed by atoms with van der Waals surface area (Å²) in [5.41, 5.74) is -0.179. The summed E-state index contributed by atoms with van der Waals surface area (Å²) in [6, 6.07) is -0.0796. The zero-order chi connectivity index (χ0) is 12.5. The Morgan fingerprint density at radius 1 is 1.47 bits per heavy atom. The number of nitrogens with one attached hydrogen (secondary N) is 2. The van der Waals surface area contributed by atoms with Crippen LogP contribution in [0.4, 0.5) is 0 Å². The molecule has 0 radical (unpaired) electrons. The molecular formula is C11H20N2O3S. The highest BCUT2D eigenvalue weighted by molar-refractivity contribution is 7.90. The number of sulfone groups is 1. The maximum absolute atomic E-state index is 11.8. The Labute approximate surface area is 102 Å². The molecule has 6 heteroatoms. The van der Waals surface area contributed by atoms with Crippen molar-refractivity contribution in [2.75, 3.05) is 25.1 Å². The summed E-state index contributed by atoms with van der Waals surface area (Å²) in [5.74, 6) is 0.209. The second-order valence-electron chi connectivity index (χ2n) is 5.44. The van der Waals surface area contributed by atoms with Gasteiger partial charge in [0.25, 0.3) is 0 Å². The van der Waals surface area contributed by atoms with Crippen LogP contribution in [0.15, 0.2) is 0 Å². The minimum absolute atomic E-state index is 0.0160. The van der Waals surface area contributed by atoms with E-state index in [1.807, 2.05) is 0 Å². The lowest BCUT2D eigenvalue weighted by atomic mass is 10.1. The monoisotopic (exact) mass is 260 g/mol.